The minimum Gasteiger partial charge on any atom is -0.341 e. The van der Waals surface area contributed by atoms with Crippen molar-refractivity contribution < 1.29 is 18.0 Å². The van der Waals surface area contributed by atoms with Gasteiger partial charge in [-0.05, 0) is 44.9 Å². The molecule has 0 radical (unpaired) electrons. The highest BCUT2D eigenvalue weighted by atomic mass is 32.2. The van der Waals surface area contributed by atoms with Crippen molar-refractivity contribution in [2.75, 3.05) is 18.4 Å². The molecule has 0 saturated carbocycles. The Kier molecular flexibility index (Phi) is 5.56. The zero-order valence-electron chi connectivity index (χ0n) is 15.2. The van der Waals surface area contributed by atoms with Gasteiger partial charge in [-0.1, -0.05) is 12.1 Å². The second-order valence-corrected chi connectivity index (χ2v) is 10.4. The molecule has 1 heterocycles. The molecule has 0 aromatic heterocycles. The van der Waals surface area contributed by atoms with Crippen LogP contribution in [0, 0.1) is 0 Å². The van der Waals surface area contributed by atoms with Crippen molar-refractivity contribution in [1.29, 1.82) is 0 Å². The SMILES string of the molecule is CC(=O)Nc1ccc(CC(=O)N2CC[C@@H](S(=O)(=O)C(C)(C)C)C2)cc1. The van der Waals surface area contributed by atoms with Gasteiger partial charge in [0.05, 0.1) is 16.4 Å². The average Bonchev–Trinajstić information content (AvgIpc) is 2.98. The van der Waals surface area contributed by atoms with Gasteiger partial charge in [-0.25, -0.2) is 8.42 Å². The Morgan fingerprint density at radius 3 is 2.32 bits per heavy atom. The van der Waals surface area contributed by atoms with Crippen molar-refractivity contribution in [3.63, 3.8) is 0 Å². The van der Waals surface area contributed by atoms with Crippen molar-refractivity contribution in [3.05, 3.63) is 29.8 Å². The first-order chi connectivity index (χ1) is 11.5. The zero-order chi connectivity index (χ0) is 18.8. The third-order valence-corrected chi connectivity index (χ3v) is 7.39. The third-order valence-electron chi connectivity index (χ3n) is 4.42. The minimum atomic E-state index is -3.27. The summed E-state index contributed by atoms with van der Waals surface area (Å²) < 4.78 is 24.3. The quantitative estimate of drug-likeness (QED) is 0.883. The number of carbonyl (C=O) groups is 2. The van der Waals surface area contributed by atoms with Crippen molar-refractivity contribution in [2.24, 2.45) is 0 Å². The topological polar surface area (TPSA) is 83.6 Å². The summed E-state index contributed by atoms with van der Waals surface area (Å²) in [5.41, 5.74) is 1.52. The highest BCUT2D eigenvalue weighted by Gasteiger charge is 2.41. The van der Waals surface area contributed by atoms with Gasteiger partial charge in [-0.15, -0.1) is 0 Å². The number of rotatable bonds is 4. The molecule has 0 unspecified atom stereocenters. The molecular weight excluding hydrogens is 340 g/mol. The summed E-state index contributed by atoms with van der Waals surface area (Å²) in [4.78, 5) is 25.1. The molecule has 6 nitrogen and oxygen atoms in total. The predicted molar refractivity (Wildman–Crippen MR) is 98.1 cm³/mol. The van der Waals surface area contributed by atoms with Crippen molar-refractivity contribution in [3.8, 4) is 0 Å². The number of likely N-dealkylation sites (tertiary alicyclic amines) is 1. The smallest absolute Gasteiger partial charge is 0.227 e. The molecule has 1 aromatic carbocycles. The monoisotopic (exact) mass is 366 g/mol. The standard InChI is InChI=1S/C18H26N2O4S/c1-13(21)19-15-7-5-14(6-8-15)11-17(22)20-10-9-16(12-20)25(23,24)18(2,3)4/h5-8,16H,9-12H2,1-4H3,(H,19,21)/t16-/m1/s1. The van der Waals surface area contributed by atoms with Gasteiger partial charge in [-0.2, -0.15) is 0 Å². The van der Waals surface area contributed by atoms with E-state index in [9.17, 15) is 18.0 Å². The van der Waals surface area contributed by atoms with Crippen LogP contribution in [0.25, 0.3) is 0 Å². The number of nitrogens with zero attached hydrogens (tertiary/aromatic N) is 1. The van der Waals surface area contributed by atoms with Crippen LogP contribution in [0.4, 0.5) is 5.69 Å². The van der Waals surface area contributed by atoms with E-state index in [0.717, 1.165) is 5.56 Å². The molecule has 2 rings (SSSR count). The maximum absolute atomic E-state index is 12.5. The van der Waals surface area contributed by atoms with E-state index < -0.39 is 19.8 Å². The molecule has 1 aromatic rings. The Balaban J connectivity index is 1.97. The van der Waals surface area contributed by atoms with Gasteiger partial charge in [0, 0.05) is 25.7 Å². The third kappa shape index (κ3) is 4.60. The van der Waals surface area contributed by atoms with Crippen LogP contribution in [0.1, 0.15) is 39.7 Å². The summed E-state index contributed by atoms with van der Waals surface area (Å²) in [5.74, 6) is -0.217. The lowest BCUT2D eigenvalue weighted by Gasteiger charge is -2.24. The molecule has 1 aliphatic heterocycles. The number of sulfone groups is 1. The van der Waals surface area contributed by atoms with Crippen LogP contribution in [-0.2, 0) is 25.8 Å². The number of benzene rings is 1. The van der Waals surface area contributed by atoms with Crippen molar-refractivity contribution in [2.45, 2.75) is 50.5 Å². The van der Waals surface area contributed by atoms with Crippen LogP contribution >= 0.6 is 0 Å². The van der Waals surface area contributed by atoms with Gasteiger partial charge >= 0.3 is 0 Å². The summed E-state index contributed by atoms with van der Waals surface area (Å²) in [6.07, 6.45) is 0.718. The number of carbonyl (C=O) groups excluding carboxylic acids is 2. The number of hydrogen-bond donors (Lipinski definition) is 1. The summed E-state index contributed by atoms with van der Waals surface area (Å²) in [7, 11) is -3.27. The summed E-state index contributed by atoms with van der Waals surface area (Å²) in [6.45, 7) is 7.27. The fraction of sp³-hybridized carbons (Fsp3) is 0.556. The fourth-order valence-corrected chi connectivity index (χ4v) is 4.70. The minimum absolute atomic E-state index is 0.0705. The van der Waals surface area contributed by atoms with E-state index in [1.54, 1.807) is 49.9 Å². The molecule has 0 aliphatic carbocycles. The van der Waals surface area contributed by atoms with Gasteiger partial charge in [0.25, 0.3) is 0 Å². The van der Waals surface area contributed by atoms with Gasteiger partial charge in [0.1, 0.15) is 0 Å². The Bertz CT molecular complexity index is 748. The first-order valence-electron chi connectivity index (χ1n) is 8.38. The number of nitrogens with one attached hydrogen (secondary N) is 1. The van der Waals surface area contributed by atoms with Gasteiger partial charge in [-0.3, -0.25) is 9.59 Å². The lowest BCUT2D eigenvalue weighted by atomic mass is 10.1. The molecule has 0 spiro atoms. The molecule has 2 amide bonds. The predicted octanol–water partition coefficient (Wildman–Crippen LogP) is 2.00. The largest absolute Gasteiger partial charge is 0.341 e. The van der Waals surface area contributed by atoms with Crippen LogP contribution in [0.15, 0.2) is 24.3 Å². The summed E-state index contributed by atoms with van der Waals surface area (Å²) in [6, 6.07) is 7.09. The molecule has 138 valence electrons. The Labute approximate surface area is 149 Å². The molecule has 1 fully saturated rings. The highest BCUT2D eigenvalue weighted by molar-refractivity contribution is 7.93. The van der Waals surface area contributed by atoms with Crippen LogP contribution in [0.3, 0.4) is 0 Å². The number of hydrogen-bond acceptors (Lipinski definition) is 4. The van der Waals surface area contributed by atoms with E-state index in [0.29, 0.717) is 18.7 Å². The maximum atomic E-state index is 12.5. The first-order valence-corrected chi connectivity index (χ1v) is 9.93. The van der Waals surface area contributed by atoms with Gasteiger partial charge < -0.3 is 10.2 Å². The summed E-state index contributed by atoms with van der Waals surface area (Å²) in [5, 5.41) is 2.19. The van der Waals surface area contributed by atoms with Crippen LogP contribution in [0.2, 0.25) is 0 Å². The van der Waals surface area contributed by atoms with E-state index in [2.05, 4.69) is 5.32 Å². The van der Waals surface area contributed by atoms with Crippen LogP contribution in [0.5, 0.6) is 0 Å². The Morgan fingerprint density at radius 2 is 1.80 bits per heavy atom. The lowest BCUT2D eigenvalue weighted by molar-refractivity contribution is -0.129. The average molecular weight is 366 g/mol. The van der Waals surface area contributed by atoms with Crippen molar-refractivity contribution in [1.82, 2.24) is 4.90 Å². The van der Waals surface area contributed by atoms with E-state index in [-0.39, 0.29) is 24.8 Å². The molecule has 25 heavy (non-hydrogen) atoms. The molecule has 7 heteroatoms. The second-order valence-electron chi connectivity index (χ2n) is 7.46. The Hall–Kier alpha value is -1.89. The number of anilines is 1. The zero-order valence-corrected chi connectivity index (χ0v) is 16.0. The highest BCUT2D eigenvalue weighted by Crippen LogP contribution is 2.27. The van der Waals surface area contributed by atoms with Crippen molar-refractivity contribution >= 4 is 27.3 Å². The fourth-order valence-electron chi connectivity index (χ4n) is 2.90. The van der Waals surface area contributed by atoms with E-state index >= 15 is 0 Å². The number of amides is 2. The van der Waals surface area contributed by atoms with Gasteiger partial charge in [0.2, 0.25) is 11.8 Å². The van der Waals surface area contributed by atoms with Crippen LogP contribution < -0.4 is 5.32 Å². The molecule has 1 saturated heterocycles. The molecule has 1 atom stereocenters. The van der Waals surface area contributed by atoms with Crippen LogP contribution in [-0.4, -0.2) is 48.2 Å². The second kappa shape index (κ2) is 7.15. The van der Waals surface area contributed by atoms with Gasteiger partial charge in [0.15, 0.2) is 9.84 Å². The molecular formula is C18H26N2O4S. The van der Waals surface area contributed by atoms with E-state index in [1.807, 2.05) is 0 Å². The molecule has 0 bridgehead atoms. The molecule has 1 aliphatic rings. The normalized spacial score (nSPS) is 18.2. The Morgan fingerprint density at radius 1 is 1.20 bits per heavy atom. The maximum Gasteiger partial charge on any atom is 0.227 e. The summed E-state index contributed by atoms with van der Waals surface area (Å²) >= 11 is 0. The first kappa shape index (κ1) is 19.4. The van der Waals surface area contributed by atoms with E-state index in [4.69, 9.17) is 0 Å². The lowest BCUT2D eigenvalue weighted by Crippen LogP contribution is -2.40. The van der Waals surface area contributed by atoms with E-state index in [1.165, 1.54) is 6.92 Å². The molecule has 1 N–H and O–H groups in total.